The Balaban J connectivity index is 0.00000313. The molecule has 0 spiro atoms. The summed E-state index contributed by atoms with van der Waals surface area (Å²) in [5.74, 6) is -4.72. The number of nitrogens with one attached hydrogen (secondary N) is 1. The number of alkyl halides is 1. The fourth-order valence-corrected chi connectivity index (χ4v) is 10.3. The third-order valence-corrected chi connectivity index (χ3v) is 14.1. The van der Waals surface area contributed by atoms with Crippen molar-refractivity contribution in [3.8, 4) is 11.3 Å². The van der Waals surface area contributed by atoms with Crippen molar-refractivity contribution in [3.63, 3.8) is 0 Å². The van der Waals surface area contributed by atoms with Crippen LogP contribution in [0.2, 0.25) is 0 Å². The van der Waals surface area contributed by atoms with E-state index in [1.54, 1.807) is 85.7 Å². The molecule has 0 radical (unpaired) electrons. The molecule has 3 unspecified atom stereocenters. The van der Waals surface area contributed by atoms with Gasteiger partial charge in [0.15, 0.2) is 17.7 Å². The molecule has 3 aliphatic heterocycles. The Bertz CT molecular complexity index is 2260. The zero-order chi connectivity index (χ0) is 53.1. The number of amides is 1. The van der Waals surface area contributed by atoms with E-state index in [-0.39, 0.29) is 43.9 Å². The second-order valence-electron chi connectivity index (χ2n) is 19.9. The number of likely N-dealkylation sites (N-methyl/N-ethyl adjacent to an activating group) is 1. The normalized spacial score (nSPS) is 32.7. The summed E-state index contributed by atoms with van der Waals surface area (Å²) in [6, 6.07) is 14.2. The minimum atomic E-state index is -3.21. The topological polar surface area (TPSA) is 219 Å². The van der Waals surface area contributed by atoms with Gasteiger partial charge in [0.25, 0.3) is 5.67 Å². The van der Waals surface area contributed by atoms with Gasteiger partial charge in [0.1, 0.15) is 24.5 Å². The fourth-order valence-electron chi connectivity index (χ4n) is 10.3. The zero-order valence-electron chi connectivity index (χ0n) is 43.4. The van der Waals surface area contributed by atoms with Crippen molar-refractivity contribution in [2.75, 3.05) is 52.9 Å². The van der Waals surface area contributed by atoms with Crippen LogP contribution in [-0.4, -0.2) is 167 Å². The molecule has 6 rings (SSSR count). The maximum absolute atomic E-state index is 17.2. The van der Waals surface area contributed by atoms with Crippen LogP contribution >= 0.6 is 12.1 Å². The quantitative estimate of drug-likeness (QED) is 0.0520. The van der Waals surface area contributed by atoms with Crippen molar-refractivity contribution in [1.29, 1.82) is 0 Å². The number of benzene rings is 2. The van der Waals surface area contributed by atoms with E-state index in [4.69, 9.17) is 34.2 Å². The average molecular weight is 1030 g/mol. The molecule has 1 amide bonds. The number of esters is 2. The largest absolute Gasteiger partial charge is 0.459 e. The van der Waals surface area contributed by atoms with Crippen molar-refractivity contribution < 1.29 is 61.0 Å². The number of halogens is 2. The van der Waals surface area contributed by atoms with Crippen LogP contribution in [0.4, 0.5) is 18.8 Å². The number of carbonyl (C=O) groups is 4. The molecule has 3 aromatic rings. The molecule has 0 aliphatic carbocycles. The van der Waals surface area contributed by atoms with Crippen molar-refractivity contribution >= 4 is 41.7 Å². The third kappa shape index (κ3) is 13.7. The summed E-state index contributed by atoms with van der Waals surface area (Å²) in [5.41, 5.74) is 2.45. The van der Waals surface area contributed by atoms with Gasteiger partial charge in [-0.3, -0.25) is 14.4 Å². The predicted molar refractivity (Wildman–Crippen MR) is 268 cm³/mol. The number of ketones is 1. The van der Waals surface area contributed by atoms with Gasteiger partial charge in [-0.05, 0) is 111 Å². The SMILES string of the molecule is CC[C@H]1OC(=O)[C@@](C)(F)C(=O)[C@H](C)[C@@H](O[C@@H]2OC(COC(=O)c3ccccc3)CC(N(C)C)C2O)[C@](C)(OC)C[C@@H](C)CN[C@H](C)[C@H]2N(CCCCn3cc(-c4cccc(N)c4)nn3)C(=O)O[C@]12C.CSF. The number of nitrogens with two attached hydrogens (primary N) is 1. The van der Waals surface area contributed by atoms with Gasteiger partial charge in [-0.15, -0.1) is 5.10 Å². The van der Waals surface area contributed by atoms with Gasteiger partial charge in [-0.1, -0.05) is 56.3 Å². The van der Waals surface area contributed by atoms with Crippen molar-refractivity contribution in [1.82, 2.24) is 30.1 Å². The lowest BCUT2D eigenvalue weighted by molar-refractivity contribution is -0.300. The number of unbranched alkanes of at least 4 members (excludes halogenated alkanes) is 1. The summed E-state index contributed by atoms with van der Waals surface area (Å²) in [6.45, 7) is 12.4. The Morgan fingerprint density at radius 3 is 2.38 bits per heavy atom. The number of ether oxygens (including phenoxy) is 6. The predicted octanol–water partition coefficient (Wildman–Crippen LogP) is 6.45. The standard InChI is InChI=1S/C50H72FN7O11.CH3FS/c1-11-39-50(7)41(58(47(63)69-50)23-16-15-22-57-28-37(54-55-57)34-20-17-21-35(52)24-34)32(4)53-27-30(2)26-48(5,64-10)43(31(3)42(60)49(6,51)46(62)67-39)68-45-40(59)38(56(8)9)25-36(66-45)29-65-44(61)33-18-13-12-14-19-33;1-3-2/h12-14,17-21,24,28,30-32,36,38-41,43,45,53,59H,11,15-16,22-23,25-27,29,52H2,1-10H3;1H3/t30-,31+,32-,36?,38?,39-,40?,41-,43-,45+,48-,49+,50-;/m1./s1. The first-order chi connectivity index (χ1) is 34.0. The number of carbonyl (C=O) groups excluding carboxylic acids is 4. The number of methoxy groups -OCH3 is 1. The van der Waals surface area contributed by atoms with Crippen molar-refractivity contribution in [2.45, 2.75) is 153 Å². The monoisotopic (exact) mass is 1030 g/mol. The lowest BCUT2D eigenvalue weighted by Crippen LogP contribution is -2.61. The van der Waals surface area contributed by atoms with Crippen LogP contribution in [0.25, 0.3) is 11.3 Å². The maximum atomic E-state index is 17.2. The molecule has 3 aliphatic rings. The Labute approximate surface area is 426 Å². The molecule has 4 N–H and O–H groups in total. The van der Waals surface area contributed by atoms with Crippen LogP contribution in [0.1, 0.15) is 90.9 Å². The first-order valence-electron chi connectivity index (χ1n) is 24.6. The number of nitrogens with zero attached hydrogens (tertiary/aromatic N) is 5. The van der Waals surface area contributed by atoms with Crippen LogP contribution in [0.3, 0.4) is 0 Å². The number of aromatic nitrogens is 3. The molecule has 0 saturated carbocycles. The van der Waals surface area contributed by atoms with Gasteiger partial charge < -0.3 is 49.5 Å². The maximum Gasteiger partial charge on any atom is 0.410 e. The lowest BCUT2D eigenvalue weighted by Gasteiger charge is -2.47. The first kappa shape index (κ1) is 58.1. The highest BCUT2D eigenvalue weighted by Crippen LogP contribution is 2.41. The summed E-state index contributed by atoms with van der Waals surface area (Å²) in [4.78, 5) is 59.0. The lowest BCUT2D eigenvalue weighted by atomic mass is 9.78. The van der Waals surface area contributed by atoms with E-state index >= 15 is 4.39 Å². The van der Waals surface area contributed by atoms with Gasteiger partial charge in [-0.2, -0.15) is 3.89 Å². The summed E-state index contributed by atoms with van der Waals surface area (Å²) < 4.78 is 66.1. The van der Waals surface area contributed by atoms with E-state index < -0.39 is 95.4 Å². The number of Topliss-reactive ketones (excluding diaryl/α,β-unsaturated/α-hetero) is 1. The highest BCUT2D eigenvalue weighted by Gasteiger charge is 2.60. The number of aryl methyl sites for hydroxylation is 1. The van der Waals surface area contributed by atoms with Gasteiger partial charge in [0.2, 0.25) is 0 Å². The van der Waals surface area contributed by atoms with Crippen LogP contribution in [0, 0.1) is 11.8 Å². The fraction of sp³-hybridized carbons (Fsp3) is 0.647. The number of aliphatic hydroxyl groups excluding tert-OH is 1. The molecule has 4 heterocycles. The van der Waals surface area contributed by atoms with Crippen LogP contribution in [-0.2, 0) is 44.6 Å². The number of anilines is 1. The smallest absolute Gasteiger partial charge is 0.410 e. The Hall–Kier alpha value is -4.77. The van der Waals surface area contributed by atoms with E-state index in [2.05, 4.69) is 15.6 Å². The molecular formula is C51H75F2N7O11S. The van der Waals surface area contributed by atoms with Crippen molar-refractivity contribution in [3.05, 3.63) is 66.4 Å². The summed E-state index contributed by atoms with van der Waals surface area (Å²) in [5, 5.41) is 23.9. The Morgan fingerprint density at radius 2 is 1.74 bits per heavy atom. The summed E-state index contributed by atoms with van der Waals surface area (Å²) in [7, 11) is 5.03. The molecule has 18 nitrogen and oxygen atoms in total. The Morgan fingerprint density at radius 1 is 1.06 bits per heavy atom. The summed E-state index contributed by atoms with van der Waals surface area (Å²) in [6.07, 6.45) is -1.42. The van der Waals surface area contributed by atoms with Crippen molar-refractivity contribution in [2.24, 2.45) is 11.8 Å². The van der Waals surface area contributed by atoms with Gasteiger partial charge in [0, 0.05) is 67.9 Å². The van der Waals surface area contributed by atoms with Crippen LogP contribution < -0.4 is 11.1 Å². The number of hydrogen-bond acceptors (Lipinski definition) is 17. The van der Waals surface area contributed by atoms with E-state index in [0.717, 1.165) is 12.5 Å². The molecule has 1 aromatic heterocycles. The number of hydrogen-bond donors (Lipinski definition) is 3. The number of aliphatic hydroxyl groups is 1. The molecule has 400 valence electrons. The number of cyclic esters (lactones) is 1. The highest BCUT2D eigenvalue weighted by atomic mass is 32.2. The average Bonchev–Trinajstić information content (AvgIpc) is 3.93. The number of rotatable bonds is 14. The van der Waals surface area contributed by atoms with Crippen LogP contribution in [0.15, 0.2) is 60.8 Å². The molecule has 3 fully saturated rings. The minimum Gasteiger partial charge on any atom is -0.459 e. The minimum absolute atomic E-state index is 0.129. The van der Waals surface area contributed by atoms with E-state index in [1.165, 1.54) is 20.3 Å². The van der Waals surface area contributed by atoms with E-state index in [9.17, 15) is 28.2 Å². The van der Waals surface area contributed by atoms with Crippen LogP contribution in [0.5, 0.6) is 0 Å². The molecule has 21 heteroatoms. The number of nitrogen functional groups attached to an aromatic ring is 1. The third-order valence-electron chi connectivity index (χ3n) is 14.1. The molecular weight excluding hydrogens is 957 g/mol. The second-order valence-corrected chi connectivity index (χ2v) is 20.2. The molecule has 13 atom stereocenters. The Kier molecular flexibility index (Phi) is 20.5. The highest BCUT2D eigenvalue weighted by molar-refractivity contribution is 7.93. The first-order valence-corrected chi connectivity index (χ1v) is 25.7. The van der Waals surface area contributed by atoms with Gasteiger partial charge >= 0.3 is 18.0 Å². The van der Waals surface area contributed by atoms with E-state index in [0.29, 0.717) is 49.4 Å². The molecule has 3 saturated heterocycles. The van der Waals surface area contributed by atoms with Gasteiger partial charge in [0.05, 0.1) is 35.6 Å². The summed E-state index contributed by atoms with van der Waals surface area (Å²) >= 11 is 0.250. The zero-order valence-corrected chi connectivity index (χ0v) is 44.2. The molecule has 72 heavy (non-hydrogen) atoms. The van der Waals surface area contributed by atoms with Gasteiger partial charge in [-0.25, -0.2) is 18.8 Å². The second kappa shape index (κ2) is 25.4. The molecule has 0 bridgehead atoms. The molecule has 2 aromatic carbocycles. The van der Waals surface area contributed by atoms with E-state index in [1.807, 2.05) is 38.2 Å². The number of fused-ring (bicyclic) bond motifs is 1.